The Balaban J connectivity index is 1.61. The van der Waals surface area contributed by atoms with Crippen molar-refractivity contribution in [1.29, 1.82) is 0 Å². The lowest BCUT2D eigenvalue weighted by Gasteiger charge is -2.12. The summed E-state index contributed by atoms with van der Waals surface area (Å²) in [5.74, 6) is -0.374. The quantitative estimate of drug-likeness (QED) is 0.446. The Labute approximate surface area is 196 Å². The van der Waals surface area contributed by atoms with Gasteiger partial charge in [0.15, 0.2) is 5.17 Å². The highest BCUT2D eigenvalue weighted by molar-refractivity contribution is 8.15. The third-order valence-electron chi connectivity index (χ3n) is 4.50. The van der Waals surface area contributed by atoms with Crippen LogP contribution in [0.5, 0.6) is 5.75 Å². The number of hydrogen-bond acceptors (Lipinski definition) is 6. The largest absolute Gasteiger partial charge is 0.497 e. The number of thioether (sulfide) groups is 1. The van der Waals surface area contributed by atoms with Gasteiger partial charge in [-0.25, -0.2) is 0 Å². The molecule has 3 rings (SSSR count). The molecular formula is C21H18ClF3N4O3S. The molecule has 0 spiro atoms. The molecule has 2 aromatic rings. The van der Waals surface area contributed by atoms with Crippen molar-refractivity contribution in [1.82, 2.24) is 5.32 Å². The SMILES string of the molecule is COc1ccc(/C(C)=N/N=C2/NC(=O)C(CC(=O)Nc3ccc(Cl)c(C(F)(F)F)c3)S2)cc1. The Bertz CT molecular complexity index is 1120. The van der Waals surface area contributed by atoms with E-state index in [1.54, 1.807) is 26.2 Å². The molecule has 1 unspecified atom stereocenters. The lowest BCUT2D eigenvalue weighted by atomic mass is 10.1. The second-order valence-electron chi connectivity index (χ2n) is 6.86. The van der Waals surface area contributed by atoms with Gasteiger partial charge in [-0.2, -0.15) is 18.3 Å². The summed E-state index contributed by atoms with van der Waals surface area (Å²) in [5, 5.41) is 12.0. The van der Waals surface area contributed by atoms with E-state index >= 15 is 0 Å². The van der Waals surface area contributed by atoms with E-state index in [1.807, 2.05) is 12.1 Å². The molecule has 33 heavy (non-hydrogen) atoms. The van der Waals surface area contributed by atoms with Crippen molar-refractivity contribution in [3.8, 4) is 5.75 Å². The molecule has 12 heteroatoms. The van der Waals surface area contributed by atoms with Crippen LogP contribution in [0.4, 0.5) is 18.9 Å². The fourth-order valence-electron chi connectivity index (χ4n) is 2.80. The number of benzene rings is 2. The van der Waals surface area contributed by atoms with Crippen LogP contribution in [0.25, 0.3) is 0 Å². The highest BCUT2D eigenvalue weighted by Gasteiger charge is 2.34. The molecule has 1 aliphatic heterocycles. The highest BCUT2D eigenvalue weighted by atomic mass is 35.5. The first-order chi connectivity index (χ1) is 15.6. The van der Waals surface area contributed by atoms with E-state index in [-0.39, 0.29) is 17.3 Å². The molecule has 7 nitrogen and oxygen atoms in total. The van der Waals surface area contributed by atoms with Crippen LogP contribution in [-0.4, -0.2) is 35.1 Å². The zero-order chi connectivity index (χ0) is 24.2. The van der Waals surface area contributed by atoms with E-state index < -0.39 is 33.8 Å². The van der Waals surface area contributed by atoms with Gasteiger partial charge in [0, 0.05) is 12.1 Å². The van der Waals surface area contributed by atoms with Gasteiger partial charge in [0.05, 0.1) is 23.4 Å². The number of methoxy groups -OCH3 is 1. The lowest BCUT2D eigenvalue weighted by Crippen LogP contribution is -2.28. The number of amidine groups is 1. The number of amides is 2. The van der Waals surface area contributed by atoms with Crippen molar-refractivity contribution in [2.24, 2.45) is 10.2 Å². The Morgan fingerprint density at radius 2 is 1.94 bits per heavy atom. The van der Waals surface area contributed by atoms with Gasteiger partial charge in [-0.3, -0.25) is 9.59 Å². The Morgan fingerprint density at radius 1 is 1.24 bits per heavy atom. The van der Waals surface area contributed by atoms with Crippen molar-refractivity contribution < 1.29 is 27.5 Å². The number of ether oxygens (including phenoxy) is 1. The van der Waals surface area contributed by atoms with Crippen molar-refractivity contribution >= 4 is 51.7 Å². The maximum Gasteiger partial charge on any atom is 0.417 e. The molecule has 0 bridgehead atoms. The number of alkyl halides is 3. The molecule has 1 atom stereocenters. The fourth-order valence-corrected chi connectivity index (χ4v) is 3.94. The van der Waals surface area contributed by atoms with E-state index in [0.29, 0.717) is 11.5 Å². The predicted molar refractivity (Wildman–Crippen MR) is 122 cm³/mol. The van der Waals surface area contributed by atoms with Gasteiger partial charge in [-0.1, -0.05) is 23.4 Å². The third-order valence-corrected chi connectivity index (χ3v) is 5.90. The molecule has 1 fully saturated rings. The molecular weight excluding hydrogens is 481 g/mol. The maximum atomic E-state index is 13.0. The highest BCUT2D eigenvalue weighted by Crippen LogP contribution is 2.36. The summed E-state index contributed by atoms with van der Waals surface area (Å²) in [6.45, 7) is 1.75. The van der Waals surface area contributed by atoms with Crippen LogP contribution >= 0.6 is 23.4 Å². The zero-order valence-corrected chi connectivity index (χ0v) is 18.9. The van der Waals surface area contributed by atoms with Crippen LogP contribution in [0.2, 0.25) is 5.02 Å². The first-order valence-corrected chi connectivity index (χ1v) is 10.7. The van der Waals surface area contributed by atoms with E-state index in [2.05, 4.69) is 20.8 Å². The predicted octanol–water partition coefficient (Wildman–Crippen LogP) is 4.71. The van der Waals surface area contributed by atoms with Gasteiger partial charge < -0.3 is 15.4 Å². The Kier molecular flexibility index (Phi) is 7.65. The molecule has 2 N–H and O–H groups in total. The zero-order valence-electron chi connectivity index (χ0n) is 17.4. The van der Waals surface area contributed by atoms with Crippen molar-refractivity contribution in [2.75, 3.05) is 12.4 Å². The summed E-state index contributed by atoms with van der Waals surface area (Å²) in [7, 11) is 1.56. The van der Waals surface area contributed by atoms with Crippen molar-refractivity contribution in [2.45, 2.75) is 24.8 Å². The summed E-state index contributed by atoms with van der Waals surface area (Å²) in [4.78, 5) is 24.4. The number of hydrogen-bond donors (Lipinski definition) is 2. The van der Waals surface area contributed by atoms with Crippen LogP contribution in [0.3, 0.4) is 0 Å². The minimum absolute atomic E-state index is 0.0752. The Hall–Kier alpha value is -3.05. The van der Waals surface area contributed by atoms with Gasteiger partial charge in [0.1, 0.15) is 11.0 Å². The number of nitrogens with one attached hydrogen (secondary N) is 2. The average molecular weight is 499 g/mol. The first-order valence-electron chi connectivity index (χ1n) is 9.47. The van der Waals surface area contributed by atoms with Crippen molar-refractivity contribution in [3.05, 3.63) is 58.6 Å². The molecule has 1 saturated heterocycles. The second kappa shape index (κ2) is 10.3. The molecule has 1 aliphatic rings. The molecule has 0 aromatic heterocycles. The van der Waals surface area contributed by atoms with Gasteiger partial charge in [-0.15, -0.1) is 5.10 Å². The van der Waals surface area contributed by atoms with E-state index in [9.17, 15) is 22.8 Å². The normalized spacial score (nSPS) is 17.8. The monoisotopic (exact) mass is 498 g/mol. The number of nitrogens with zero attached hydrogens (tertiary/aromatic N) is 2. The molecule has 1 heterocycles. The minimum atomic E-state index is -4.66. The Morgan fingerprint density at radius 3 is 2.58 bits per heavy atom. The summed E-state index contributed by atoms with van der Waals surface area (Å²) >= 11 is 6.59. The number of halogens is 4. The topological polar surface area (TPSA) is 92.2 Å². The molecule has 0 saturated carbocycles. The summed E-state index contributed by atoms with van der Waals surface area (Å²) in [6.07, 6.45) is -4.92. The van der Waals surface area contributed by atoms with Crippen LogP contribution in [-0.2, 0) is 15.8 Å². The van der Waals surface area contributed by atoms with Gasteiger partial charge in [-0.05, 0) is 55.0 Å². The lowest BCUT2D eigenvalue weighted by molar-refractivity contribution is -0.137. The summed E-state index contributed by atoms with van der Waals surface area (Å²) in [6, 6.07) is 10.2. The fraction of sp³-hybridized carbons (Fsp3) is 0.238. The standard InChI is InChI=1S/C21H18ClF3N4O3S/c1-11(12-3-6-14(32-2)7-4-12)28-29-20-27-19(31)17(33-20)10-18(30)26-13-5-8-16(22)15(9-13)21(23,24)25/h3-9,17H,10H2,1-2H3,(H,26,30)(H,27,29,31)/b28-11+. The number of carbonyl (C=O) groups excluding carboxylic acids is 2. The molecule has 0 aliphatic carbocycles. The van der Waals surface area contributed by atoms with E-state index in [1.165, 1.54) is 6.07 Å². The molecule has 0 radical (unpaired) electrons. The van der Waals surface area contributed by atoms with E-state index in [4.69, 9.17) is 16.3 Å². The minimum Gasteiger partial charge on any atom is -0.497 e. The summed E-state index contributed by atoms with van der Waals surface area (Å²) in [5.41, 5.74) is 0.277. The van der Waals surface area contributed by atoms with Crippen LogP contribution in [0, 0.1) is 0 Å². The number of anilines is 1. The van der Waals surface area contributed by atoms with E-state index in [0.717, 1.165) is 29.5 Å². The van der Waals surface area contributed by atoms with Gasteiger partial charge in [0.25, 0.3) is 0 Å². The average Bonchev–Trinajstić information content (AvgIpc) is 3.11. The molecule has 2 aromatic carbocycles. The van der Waals surface area contributed by atoms with Gasteiger partial charge >= 0.3 is 6.18 Å². The maximum absolute atomic E-state index is 13.0. The second-order valence-corrected chi connectivity index (χ2v) is 8.46. The first kappa shape index (κ1) is 24.6. The van der Waals surface area contributed by atoms with Crippen molar-refractivity contribution in [3.63, 3.8) is 0 Å². The number of rotatable bonds is 6. The van der Waals surface area contributed by atoms with Gasteiger partial charge in [0.2, 0.25) is 11.8 Å². The molecule has 174 valence electrons. The summed E-state index contributed by atoms with van der Waals surface area (Å²) < 4.78 is 44.0. The molecule has 2 amide bonds. The van der Waals surface area contributed by atoms with Crippen LogP contribution < -0.4 is 15.4 Å². The third kappa shape index (κ3) is 6.48. The smallest absolute Gasteiger partial charge is 0.417 e. The number of carbonyl (C=O) groups is 2. The van der Waals surface area contributed by atoms with Crippen LogP contribution in [0.15, 0.2) is 52.7 Å². The van der Waals surface area contributed by atoms with Crippen LogP contribution in [0.1, 0.15) is 24.5 Å².